The smallest absolute Gasteiger partial charge is 0.246 e. The molecule has 2 heterocycles. The van der Waals surface area contributed by atoms with E-state index in [0.717, 1.165) is 29.0 Å². The fourth-order valence-corrected chi connectivity index (χ4v) is 2.97. The molecule has 0 N–H and O–H groups in total. The number of amides is 1. The Kier molecular flexibility index (Phi) is 4.98. The number of ether oxygens (including phenoxy) is 2. The maximum atomic E-state index is 12.2. The SMILES string of the molecule is CN(Cc1ccsc1)C(=O)C=Cc1ccc2c(c1)OCCCO2. The van der Waals surface area contributed by atoms with E-state index in [2.05, 4.69) is 5.38 Å². The monoisotopic (exact) mass is 329 g/mol. The van der Waals surface area contributed by atoms with Crippen LogP contribution < -0.4 is 9.47 Å². The van der Waals surface area contributed by atoms with Crippen molar-refractivity contribution in [3.63, 3.8) is 0 Å². The van der Waals surface area contributed by atoms with Crippen LogP contribution in [0.2, 0.25) is 0 Å². The predicted octanol–water partition coefficient (Wildman–Crippen LogP) is 3.58. The zero-order valence-corrected chi connectivity index (χ0v) is 13.8. The molecule has 1 aromatic heterocycles. The van der Waals surface area contributed by atoms with E-state index in [1.807, 2.05) is 29.6 Å². The third-order valence-electron chi connectivity index (χ3n) is 3.57. The Bertz CT molecular complexity index is 694. The van der Waals surface area contributed by atoms with Gasteiger partial charge in [-0.05, 0) is 46.2 Å². The van der Waals surface area contributed by atoms with E-state index in [1.54, 1.807) is 35.4 Å². The first kappa shape index (κ1) is 15.6. The Hall–Kier alpha value is -2.27. The molecule has 0 saturated carbocycles. The summed E-state index contributed by atoms with van der Waals surface area (Å²) in [5, 5.41) is 4.07. The molecule has 1 aliphatic rings. The molecule has 0 atom stereocenters. The molecule has 120 valence electrons. The first-order valence-electron chi connectivity index (χ1n) is 7.56. The number of nitrogens with zero attached hydrogens (tertiary/aromatic N) is 1. The lowest BCUT2D eigenvalue weighted by Crippen LogP contribution is -2.23. The second-order valence-corrected chi connectivity index (χ2v) is 6.20. The largest absolute Gasteiger partial charge is 0.490 e. The van der Waals surface area contributed by atoms with Crippen LogP contribution >= 0.6 is 11.3 Å². The zero-order valence-electron chi connectivity index (χ0n) is 13.0. The summed E-state index contributed by atoms with van der Waals surface area (Å²) in [5.41, 5.74) is 2.07. The molecule has 0 bridgehead atoms. The highest BCUT2D eigenvalue weighted by atomic mass is 32.1. The summed E-state index contributed by atoms with van der Waals surface area (Å²) in [6.07, 6.45) is 4.28. The third-order valence-corrected chi connectivity index (χ3v) is 4.30. The van der Waals surface area contributed by atoms with Gasteiger partial charge in [-0.15, -0.1) is 0 Å². The molecule has 2 aromatic rings. The Morgan fingerprint density at radius 1 is 1.26 bits per heavy atom. The predicted molar refractivity (Wildman–Crippen MR) is 91.9 cm³/mol. The van der Waals surface area contributed by atoms with Crippen molar-refractivity contribution in [2.24, 2.45) is 0 Å². The van der Waals surface area contributed by atoms with Crippen molar-refractivity contribution in [2.75, 3.05) is 20.3 Å². The lowest BCUT2D eigenvalue weighted by molar-refractivity contribution is -0.125. The molecule has 0 aliphatic carbocycles. The maximum Gasteiger partial charge on any atom is 0.246 e. The quantitative estimate of drug-likeness (QED) is 0.805. The van der Waals surface area contributed by atoms with Crippen molar-refractivity contribution in [1.29, 1.82) is 0 Å². The van der Waals surface area contributed by atoms with Gasteiger partial charge in [-0.1, -0.05) is 6.07 Å². The highest BCUT2D eigenvalue weighted by molar-refractivity contribution is 7.07. The normalized spacial score (nSPS) is 13.8. The van der Waals surface area contributed by atoms with Gasteiger partial charge in [0, 0.05) is 26.1 Å². The number of benzene rings is 1. The van der Waals surface area contributed by atoms with Gasteiger partial charge in [-0.2, -0.15) is 11.3 Å². The molecule has 0 saturated heterocycles. The second kappa shape index (κ2) is 7.33. The minimum atomic E-state index is -0.0247. The van der Waals surface area contributed by atoms with Crippen LogP contribution in [0.3, 0.4) is 0 Å². The Morgan fingerprint density at radius 2 is 2.09 bits per heavy atom. The van der Waals surface area contributed by atoms with Crippen molar-refractivity contribution in [3.8, 4) is 11.5 Å². The lowest BCUT2D eigenvalue weighted by atomic mass is 10.2. The number of rotatable bonds is 4. The number of hydrogen-bond acceptors (Lipinski definition) is 4. The number of thiophene rings is 1. The third kappa shape index (κ3) is 4.13. The van der Waals surface area contributed by atoms with Crippen molar-refractivity contribution in [1.82, 2.24) is 4.90 Å². The summed E-state index contributed by atoms with van der Waals surface area (Å²) in [7, 11) is 1.80. The first-order chi connectivity index (χ1) is 11.2. The van der Waals surface area contributed by atoms with Gasteiger partial charge in [-0.25, -0.2) is 0 Å². The molecule has 4 nitrogen and oxygen atoms in total. The van der Waals surface area contributed by atoms with Crippen LogP contribution in [0.1, 0.15) is 17.5 Å². The van der Waals surface area contributed by atoms with Crippen molar-refractivity contribution in [3.05, 3.63) is 52.2 Å². The van der Waals surface area contributed by atoms with Crippen LogP contribution in [0.25, 0.3) is 6.08 Å². The molecule has 1 amide bonds. The molecule has 0 spiro atoms. The molecule has 1 aromatic carbocycles. The van der Waals surface area contributed by atoms with Gasteiger partial charge in [0.25, 0.3) is 0 Å². The number of fused-ring (bicyclic) bond motifs is 1. The molecule has 3 rings (SSSR count). The lowest BCUT2D eigenvalue weighted by Gasteiger charge is -2.14. The molecular weight excluding hydrogens is 310 g/mol. The molecular formula is C18H19NO3S. The molecule has 0 unspecified atom stereocenters. The van der Waals surface area contributed by atoms with E-state index < -0.39 is 0 Å². The summed E-state index contributed by atoms with van der Waals surface area (Å²) in [6.45, 7) is 1.95. The molecule has 23 heavy (non-hydrogen) atoms. The topological polar surface area (TPSA) is 38.8 Å². The van der Waals surface area contributed by atoms with Gasteiger partial charge in [0.2, 0.25) is 5.91 Å². The van der Waals surface area contributed by atoms with Crippen molar-refractivity contribution >= 4 is 23.3 Å². The van der Waals surface area contributed by atoms with Crippen LogP contribution in [0.5, 0.6) is 11.5 Å². The van der Waals surface area contributed by atoms with Gasteiger partial charge in [0.05, 0.1) is 13.2 Å². The van der Waals surface area contributed by atoms with Gasteiger partial charge in [0.1, 0.15) is 0 Å². The van der Waals surface area contributed by atoms with E-state index in [1.165, 1.54) is 0 Å². The van der Waals surface area contributed by atoms with Crippen LogP contribution in [0.15, 0.2) is 41.1 Å². The standard InChI is InChI=1S/C18H19NO3S/c1-19(12-15-7-10-23-13-15)18(20)6-4-14-3-5-16-17(11-14)22-9-2-8-21-16/h3-7,10-11,13H,2,8-9,12H2,1H3. The first-order valence-corrected chi connectivity index (χ1v) is 8.50. The molecule has 1 aliphatic heterocycles. The Balaban J connectivity index is 1.65. The van der Waals surface area contributed by atoms with E-state index in [-0.39, 0.29) is 5.91 Å². The van der Waals surface area contributed by atoms with Crippen LogP contribution in [0.4, 0.5) is 0 Å². The van der Waals surface area contributed by atoms with Gasteiger partial charge in [0.15, 0.2) is 11.5 Å². The van der Waals surface area contributed by atoms with Gasteiger partial charge >= 0.3 is 0 Å². The number of carbonyl (C=O) groups excluding carboxylic acids is 1. The van der Waals surface area contributed by atoms with E-state index in [4.69, 9.17) is 9.47 Å². The molecule has 0 fully saturated rings. The zero-order chi connectivity index (χ0) is 16.1. The highest BCUT2D eigenvalue weighted by Crippen LogP contribution is 2.30. The van der Waals surface area contributed by atoms with Crippen molar-refractivity contribution in [2.45, 2.75) is 13.0 Å². The minimum Gasteiger partial charge on any atom is -0.490 e. The number of likely N-dealkylation sites (N-methyl/N-ethyl adjacent to an activating group) is 1. The summed E-state index contributed by atoms with van der Waals surface area (Å²) in [4.78, 5) is 13.9. The minimum absolute atomic E-state index is 0.0247. The fourth-order valence-electron chi connectivity index (χ4n) is 2.31. The Labute approximate surface area is 140 Å². The highest BCUT2D eigenvalue weighted by Gasteiger charge is 2.10. The average Bonchev–Trinajstić information content (AvgIpc) is 2.95. The van der Waals surface area contributed by atoms with Gasteiger partial charge < -0.3 is 14.4 Å². The van der Waals surface area contributed by atoms with Crippen LogP contribution in [-0.4, -0.2) is 31.1 Å². The summed E-state index contributed by atoms with van der Waals surface area (Å²) >= 11 is 1.64. The molecule has 0 radical (unpaired) electrons. The van der Waals surface area contributed by atoms with Gasteiger partial charge in [-0.3, -0.25) is 4.79 Å². The maximum absolute atomic E-state index is 12.2. The van der Waals surface area contributed by atoms with E-state index in [9.17, 15) is 4.79 Å². The fraction of sp³-hybridized carbons (Fsp3) is 0.278. The average molecular weight is 329 g/mol. The van der Waals surface area contributed by atoms with Crippen molar-refractivity contribution < 1.29 is 14.3 Å². The number of carbonyl (C=O) groups is 1. The van der Waals surface area contributed by atoms with Crippen LogP contribution in [0, 0.1) is 0 Å². The Morgan fingerprint density at radius 3 is 2.87 bits per heavy atom. The molecule has 5 heteroatoms. The summed E-state index contributed by atoms with van der Waals surface area (Å²) in [6, 6.07) is 7.75. The van der Waals surface area contributed by atoms with E-state index in [0.29, 0.717) is 19.8 Å². The van der Waals surface area contributed by atoms with Crippen LogP contribution in [-0.2, 0) is 11.3 Å². The summed E-state index contributed by atoms with van der Waals surface area (Å²) in [5.74, 6) is 1.48. The summed E-state index contributed by atoms with van der Waals surface area (Å²) < 4.78 is 11.3. The van der Waals surface area contributed by atoms with E-state index >= 15 is 0 Å². The number of hydrogen-bond donors (Lipinski definition) is 0. The second-order valence-electron chi connectivity index (χ2n) is 5.42.